The highest BCUT2D eigenvalue weighted by Gasteiger charge is 2.36. The van der Waals surface area contributed by atoms with E-state index >= 15 is 0 Å². The third kappa shape index (κ3) is 2.42. The van der Waals surface area contributed by atoms with Crippen LogP contribution in [0.25, 0.3) is 10.9 Å². The molecule has 0 saturated heterocycles. The van der Waals surface area contributed by atoms with Crippen LogP contribution in [0.3, 0.4) is 0 Å². The molecule has 0 aliphatic rings. The Bertz CT molecular complexity index is 608. The van der Waals surface area contributed by atoms with Gasteiger partial charge in [-0.3, -0.25) is 4.79 Å². The molecule has 6 heteroatoms. The summed E-state index contributed by atoms with van der Waals surface area (Å²) in [5.41, 5.74) is -1.27. The SMILES string of the molecule is O=C(O)Cc1cc2ccccc2nc1C(F)(F)F. The van der Waals surface area contributed by atoms with Crippen LogP contribution < -0.4 is 0 Å². The van der Waals surface area contributed by atoms with Crippen molar-refractivity contribution < 1.29 is 23.1 Å². The molecule has 1 heterocycles. The van der Waals surface area contributed by atoms with Crippen molar-refractivity contribution in [2.45, 2.75) is 12.6 Å². The lowest BCUT2D eigenvalue weighted by Gasteiger charge is -2.11. The van der Waals surface area contributed by atoms with E-state index in [2.05, 4.69) is 4.98 Å². The van der Waals surface area contributed by atoms with Gasteiger partial charge in [-0.05, 0) is 17.7 Å². The van der Waals surface area contributed by atoms with Crippen molar-refractivity contribution in [3.05, 3.63) is 41.6 Å². The van der Waals surface area contributed by atoms with E-state index in [0.717, 1.165) is 0 Å². The number of benzene rings is 1. The van der Waals surface area contributed by atoms with Crippen LogP contribution in [0.4, 0.5) is 13.2 Å². The molecule has 0 amide bonds. The van der Waals surface area contributed by atoms with Gasteiger partial charge in [0.1, 0.15) is 5.69 Å². The average Bonchev–Trinajstić information content (AvgIpc) is 2.26. The van der Waals surface area contributed by atoms with Crippen molar-refractivity contribution in [3.63, 3.8) is 0 Å². The minimum atomic E-state index is -4.66. The lowest BCUT2D eigenvalue weighted by Crippen LogP contribution is -2.14. The Morgan fingerprint density at radius 1 is 1.28 bits per heavy atom. The number of hydrogen-bond donors (Lipinski definition) is 1. The highest BCUT2D eigenvalue weighted by molar-refractivity contribution is 5.81. The normalized spacial score (nSPS) is 11.7. The number of aliphatic carboxylic acids is 1. The minimum absolute atomic E-state index is 0.193. The number of alkyl halides is 3. The first-order valence-electron chi connectivity index (χ1n) is 5.05. The third-order valence-corrected chi connectivity index (χ3v) is 2.41. The fourth-order valence-electron chi connectivity index (χ4n) is 1.70. The summed E-state index contributed by atoms with van der Waals surface area (Å²) in [5.74, 6) is -1.32. The van der Waals surface area contributed by atoms with Gasteiger partial charge in [-0.1, -0.05) is 18.2 Å². The molecule has 2 rings (SSSR count). The van der Waals surface area contributed by atoms with E-state index in [0.29, 0.717) is 5.39 Å². The van der Waals surface area contributed by atoms with Crippen LogP contribution in [0, 0.1) is 0 Å². The molecule has 94 valence electrons. The van der Waals surface area contributed by atoms with E-state index < -0.39 is 24.3 Å². The summed E-state index contributed by atoms with van der Waals surface area (Å²) in [4.78, 5) is 14.1. The van der Waals surface area contributed by atoms with Gasteiger partial charge in [0.15, 0.2) is 0 Å². The smallest absolute Gasteiger partial charge is 0.433 e. The van der Waals surface area contributed by atoms with E-state index in [1.807, 2.05) is 0 Å². The zero-order chi connectivity index (χ0) is 13.3. The van der Waals surface area contributed by atoms with Gasteiger partial charge >= 0.3 is 12.1 Å². The number of halogens is 3. The van der Waals surface area contributed by atoms with Gasteiger partial charge in [0.05, 0.1) is 11.9 Å². The molecule has 0 aliphatic heterocycles. The molecule has 0 radical (unpaired) electrons. The van der Waals surface area contributed by atoms with Crippen LogP contribution in [0.1, 0.15) is 11.3 Å². The molecule has 0 aliphatic carbocycles. The molecule has 0 unspecified atom stereocenters. The molecule has 0 saturated carbocycles. The number of nitrogens with zero attached hydrogens (tertiary/aromatic N) is 1. The van der Waals surface area contributed by atoms with Gasteiger partial charge in [0.25, 0.3) is 0 Å². The van der Waals surface area contributed by atoms with Gasteiger partial charge in [-0.15, -0.1) is 0 Å². The Kier molecular flexibility index (Phi) is 2.94. The van der Waals surface area contributed by atoms with Gasteiger partial charge in [-0.2, -0.15) is 13.2 Å². The molecule has 18 heavy (non-hydrogen) atoms. The van der Waals surface area contributed by atoms with Crippen molar-refractivity contribution in [2.75, 3.05) is 0 Å². The second kappa shape index (κ2) is 4.29. The predicted molar refractivity (Wildman–Crippen MR) is 58.1 cm³/mol. The number of carboxylic acid groups (broad SMARTS) is 1. The zero-order valence-corrected chi connectivity index (χ0v) is 9.03. The average molecular weight is 255 g/mol. The molecule has 0 fully saturated rings. The highest BCUT2D eigenvalue weighted by Crippen LogP contribution is 2.32. The largest absolute Gasteiger partial charge is 0.481 e. The maximum absolute atomic E-state index is 12.8. The number of pyridine rings is 1. The monoisotopic (exact) mass is 255 g/mol. The minimum Gasteiger partial charge on any atom is -0.481 e. The van der Waals surface area contributed by atoms with Crippen LogP contribution in [-0.4, -0.2) is 16.1 Å². The summed E-state index contributed by atoms with van der Waals surface area (Å²) >= 11 is 0. The molecule has 3 nitrogen and oxygen atoms in total. The lowest BCUT2D eigenvalue weighted by atomic mass is 10.1. The van der Waals surface area contributed by atoms with Crippen LogP contribution in [-0.2, 0) is 17.4 Å². The molecule has 2 aromatic rings. The molecule has 0 bridgehead atoms. The summed E-state index contributed by atoms with van der Waals surface area (Å²) < 4.78 is 38.3. The Hall–Kier alpha value is -2.11. The van der Waals surface area contributed by atoms with Crippen LogP contribution in [0.15, 0.2) is 30.3 Å². The van der Waals surface area contributed by atoms with Crippen molar-refractivity contribution in [3.8, 4) is 0 Å². The van der Waals surface area contributed by atoms with Crippen molar-refractivity contribution in [1.29, 1.82) is 0 Å². The number of carbonyl (C=O) groups is 1. The third-order valence-electron chi connectivity index (χ3n) is 2.41. The Balaban J connectivity index is 2.67. The number of hydrogen-bond acceptors (Lipinski definition) is 2. The number of para-hydroxylation sites is 1. The van der Waals surface area contributed by atoms with E-state index in [-0.39, 0.29) is 11.1 Å². The predicted octanol–water partition coefficient (Wildman–Crippen LogP) is 2.88. The molecular formula is C12H8F3NO2. The second-order valence-electron chi connectivity index (χ2n) is 3.76. The molecule has 0 spiro atoms. The van der Waals surface area contributed by atoms with Crippen molar-refractivity contribution in [2.24, 2.45) is 0 Å². The summed E-state index contributed by atoms with van der Waals surface area (Å²) in [6.45, 7) is 0. The molecule has 0 atom stereocenters. The van der Waals surface area contributed by atoms with Crippen LogP contribution >= 0.6 is 0 Å². The second-order valence-corrected chi connectivity index (χ2v) is 3.76. The first-order valence-corrected chi connectivity index (χ1v) is 5.05. The molecular weight excluding hydrogens is 247 g/mol. The maximum Gasteiger partial charge on any atom is 0.433 e. The number of rotatable bonds is 2. The van der Waals surface area contributed by atoms with Gasteiger partial charge in [0, 0.05) is 5.39 Å². The standard InChI is InChI=1S/C12H8F3NO2/c13-12(14,15)11-8(6-10(17)18)5-7-3-1-2-4-9(7)16-11/h1-5H,6H2,(H,17,18). The fourth-order valence-corrected chi connectivity index (χ4v) is 1.70. The lowest BCUT2D eigenvalue weighted by molar-refractivity contribution is -0.142. The highest BCUT2D eigenvalue weighted by atomic mass is 19.4. The number of aromatic nitrogens is 1. The van der Waals surface area contributed by atoms with E-state index in [9.17, 15) is 18.0 Å². The number of fused-ring (bicyclic) bond motifs is 1. The zero-order valence-electron chi connectivity index (χ0n) is 9.03. The van der Waals surface area contributed by atoms with Gasteiger partial charge in [-0.25, -0.2) is 4.98 Å². The maximum atomic E-state index is 12.8. The van der Waals surface area contributed by atoms with Gasteiger partial charge < -0.3 is 5.11 Å². The van der Waals surface area contributed by atoms with E-state index in [1.165, 1.54) is 12.1 Å². The summed E-state index contributed by atoms with van der Waals surface area (Å²) in [5, 5.41) is 9.12. The summed E-state index contributed by atoms with van der Waals surface area (Å²) in [7, 11) is 0. The molecule has 1 N–H and O–H groups in total. The summed E-state index contributed by atoms with van der Waals surface area (Å²) in [6.07, 6.45) is -5.36. The molecule has 1 aromatic heterocycles. The first kappa shape index (κ1) is 12.3. The topological polar surface area (TPSA) is 50.2 Å². The summed E-state index contributed by atoms with van der Waals surface area (Å²) in [6, 6.07) is 7.50. The van der Waals surface area contributed by atoms with E-state index in [1.54, 1.807) is 18.2 Å². The van der Waals surface area contributed by atoms with Crippen LogP contribution in [0.5, 0.6) is 0 Å². The Labute approximate surface area is 99.9 Å². The quantitative estimate of drug-likeness (QED) is 0.897. The van der Waals surface area contributed by atoms with Gasteiger partial charge in [0.2, 0.25) is 0 Å². The Morgan fingerprint density at radius 2 is 1.94 bits per heavy atom. The number of carboxylic acids is 1. The van der Waals surface area contributed by atoms with E-state index in [4.69, 9.17) is 5.11 Å². The first-order chi connectivity index (χ1) is 8.38. The fraction of sp³-hybridized carbons (Fsp3) is 0.167. The Morgan fingerprint density at radius 3 is 2.56 bits per heavy atom. The molecule has 1 aromatic carbocycles. The van der Waals surface area contributed by atoms with Crippen molar-refractivity contribution >= 4 is 16.9 Å². The van der Waals surface area contributed by atoms with Crippen molar-refractivity contribution in [1.82, 2.24) is 4.98 Å². The van der Waals surface area contributed by atoms with Crippen LogP contribution in [0.2, 0.25) is 0 Å².